The lowest BCUT2D eigenvalue weighted by atomic mass is 10.1. The Kier molecular flexibility index (Phi) is 3.57. The van der Waals surface area contributed by atoms with E-state index in [2.05, 4.69) is 10.3 Å². The molecule has 0 unspecified atom stereocenters. The molecule has 0 fully saturated rings. The zero-order valence-corrected chi connectivity index (χ0v) is 10.1. The summed E-state index contributed by atoms with van der Waals surface area (Å²) in [4.78, 5) is 25.2. The molecule has 1 heterocycles. The number of aromatic amines is 1. The van der Waals surface area contributed by atoms with Crippen LogP contribution in [0.3, 0.4) is 0 Å². The first-order valence-electron chi connectivity index (χ1n) is 5.67. The molecule has 1 aromatic heterocycles. The second-order valence-electron chi connectivity index (χ2n) is 4.16. The Morgan fingerprint density at radius 1 is 1.28 bits per heavy atom. The SMILES string of the molecule is Cc1cccc(CC(=O)Nc2ccc(=O)[nH]c2)c1. The van der Waals surface area contributed by atoms with E-state index in [1.54, 1.807) is 6.07 Å². The molecule has 1 aromatic carbocycles. The van der Waals surface area contributed by atoms with Gasteiger partial charge in [-0.1, -0.05) is 29.8 Å². The quantitative estimate of drug-likeness (QED) is 0.863. The average molecular weight is 242 g/mol. The molecule has 1 amide bonds. The number of nitrogens with one attached hydrogen (secondary N) is 2. The van der Waals surface area contributed by atoms with Gasteiger partial charge in [0.25, 0.3) is 0 Å². The van der Waals surface area contributed by atoms with Gasteiger partial charge in [0, 0.05) is 12.3 Å². The van der Waals surface area contributed by atoms with Gasteiger partial charge in [0.1, 0.15) is 0 Å². The highest BCUT2D eigenvalue weighted by Gasteiger charge is 2.04. The number of benzene rings is 1. The third-order valence-corrected chi connectivity index (χ3v) is 2.52. The predicted molar refractivity (Wildman–Crippen MR) is 70.6 cm³/mol. The largest absolute Gasteiger partial charge is 0.327 e. The fourth-order valence-electron chi connectivity index (χ4n) is 1.70. The second kappa shape index (κ2) is 5.31. The van der Waals surface area contributed by atoms with Crippen molar-refractivity contribution in [1.29, 1.82) is 0 Å². The number of hydrogen-bond donors (Lipinski definition) is 2. The van der Waals surface area contributed by atoms with Crippen LogP contribution in [0.4, 0.5) is 5.69 Å². The van der Waals surface area contributed by atoms with E-state index in [-0.39, 0.29) is 11.5 Å². The fourth-order valence-corrected chi connectivity index (χ4v) is 1.70. The van der Waals surface area contributed by atoms with Crippen molar-refractivity contribution < 1.29 is 4.79 Å². The van der Waals surface area contributed by atoms with Crippen LogP contribution in [0.2, 0.25) is 0 Å². The van der Waals surface area contributed by atoms with E-state index in [0.717, 1.165) is 11.1 Å². The number of rotatable bonds is 3. The minimum Gasteiger partial charge on any atom is -0.327 e. The Morgan fingerprint density at radius 2 is 2.11 bits per heavy atom. The Bertz CT molecular complexity index is 597. The Labute approximate surface area is 105 Å². The lowest BCUT2D eigenvalue weighted by Gasteiger charge is -2.05. The molecule has 2 aromatic rings. The van der Waals surface area contributed by atoms with Crippen LogP contribution in [0.5, 0.6) is 0 Å². The third-order valence-electron chi connectivity index (χ3n) is 2.52. The summed E-state index contributed by atoms with van der Waals surface area (Å²) in [5.74, 6) is -0.104. The maximum absolute atomic E-state index is 11.8. The molecular formula is C14H14N2O2. The maximum Gasteiger partial charge on any atom is 0.248 e. The molecule has 0 aliphatic rings. The van der Waals surface area contributed by atoms with Gasteiger partial charge in [-0.2, -0.15) is 0 Å². The zero-order valence-electron chi connectivity index (χ0n) is 10.1. The van der Waals surface area contributed by atoms with Gasteiger partial charge in [-0.25, -0.2) is 0 Å². The van der Waals surface area contributed by atoms with Crippen molar-refractivity contribution >= 4 is 11.6 Å². The first kappa shape index (κ1) is 12.1. The second-order valence-corrected chi connectivity index (χ2v) is 4.16. The molecule has 0 aliphatic carbocycles. The summed E-state index contributed by atoms with van der Waals surface area (Å²) < 4.78 is 0. The Morgan fingerprint density at radius 3 is 2.78 bits per heavy atom. The van der Waals surface area contributed by atoms with Crippen LogP contribution in [0.25, 0.3) is 0 Å². The van der Waals surface area contributed by atoms with E-state index in [1.165, 1.54) is 12.3 Å². The average Bonchev–Trinajstić information content (AvgIpc) is 2.32. The first-order valence-corrected chi connectivity index (χ1v) is 5.67. The van der Waals surface area contributed by atoms with Crippen molar-refractivity contribution in [2.24, 2.45) is 0 Å². The van der Waals surface area contributed by atoms with E-state index < -0.39 is 0 Å². The number of hydrogen-bond acceptors (Lipinski definition) is 2. The standard InChI is InChI=1S/C14H14N2O2/c1-10-3-2-4-11(7-10)8-14(18)16-12-5-6-13(17)15-9-12/h2-7,9H,8H2,1H3,(H,15,17)(H,16,18). The van der Waals surface area contributed by atoms with Crippen LogP contribution >= 0.6 is 0 Å². The molecule has 0 atom stereocenters. The number of H-pyrrole nitrogens is 1. The lowest BCUT2D eigenvalue weighted by Crippen LogP contribution is -2.15. The monoisotopic (exact) mass is 242 g/mol. The topological polar surface area (TPSA) is 62.0 Å². The fraction of sp³-hybridized carbons (Fsp3) is 0.143. The van der Waals surface area contributed by atoms with Crippen molar-refractivity contribution in [3.05, 3.63) is 64.1 Å². The highest BCUT2D eigenvalue weighted by Crippen LogP contribution is 2.07. The van der Waals surface area contributed by atoms with Crippen molar-refractivity contribution in [3.8, 4) is 0 Å². The van der Waals surface area contributed by atoms with Gasteiger partial charge in [-0.15, -0.1) is 0 Å². The van der Waals surface area contributed by atoms with Gasteiger partial charge < -0.3 is 10.3 Å². The number of carbonyl (C=O) groups is 1. The van der Waals surface area contributed by atoms with Crippen LogP contribution in [-0.4, -0.2) is 10.9 Å². The summed E-state index contributed by atoms with van der Waals surface area (Å²) in [5, 5.41) is 2.73. The summed E-state index contributed by atoms with van der Waals surface area (Å²) in [6, 6.07) is 10.8. The smallest absolute Gasteiger partial charge is 0.248 e. The summed E-state index contributed by atoms with van der Waals surface area (Å²) >= 11 is 0. The summed E-state index contributed by atoms with van der Waals surface area (Å²) in [7, 11) is 0. The maximum atomic E-state index is 11.8. The highest BCUT2D eigenvalue weighted by molar-refractivity contribution is 5.92. The minimum absolute atomic E-state index is 0.104. The molecular weight excluding hydrogens is 228 g/mol. The van der Waals surface area contributed by atoms with Crippen LogP contribution in [0, 0.1) is 6.92 Å². The number of aromatic nitrogens is 1. The summed E-state index contributed by atoms with van der Waals surface area (Å²) in [6.07, 6.45) is 1.80. The zero-order chi connectivity index (χ0) is 13.0. The third kappa shape index (κ3) is 3.31. The molecule has 0 aliphatic heterocycles. The Balaban J connectivity index is 2.01. The molecule has 0 spiro atoms. The highest BCUT2D eigenvalue weighted by atomic mass is 16.1. The molecule has 4 nitrogen and oxygen atoms in total. The van der Waals surface area contributed by atoms with Crippen LogP contribution < -0.4 is 10.9 Å². The van der Waals surface area contributed by atoms with Gasteiger partial charge in [0.2, 0.25) is 11.5 Å². The van der Waals surface area contributed by atoms with E-state index in [1.807, 2.05) is 31.2 Å². The number of amides is 1. The first-order chi connectivity index (χ1) is 8.63. The molecule has 4 heteroatoms. The molecule has 92 valence electrons. The van der Waals surface area contributed by atoms with E-state index in [9.17, 15) is 9.59 Å². The molecule has 18 heavy (non-hydrogen) atoms. The van der Waals surface area contributed by atoms with Gasteiger partial charge in [0.15, 0.2) is 0 Å². The summed E-state index contributed by atoms with van der Waals surface area (Å²) in [5.41, 5.74) is 2.50. The van der Waals surface area contributed by atoms with E-state index in [0.29, 0.717) is 12.1 Å². The molecule has 0 saturated heterocycles. The van der Waals surface area contributed by atoms with Gasteiger partial charge in [-0.05, 0) is 18.6 Å². The number of anilines is 1. The van der Waals surface area contributed by atoms with Crippen molar-refractivity contribution in [2.75, 3.05) is 5.32 Å². The minimum atomic E-state index is -0.188. The molecule has 0 saturated carbocycles. The van der Waals surface area contributed by atoms with Gasteiger partial charge >= 0.3 is 0 Å². The van der Waals surface area contributed by atoms with E-state index >= 15 is 0 Å². The molecule has 0 radical (unpaired) electrons. The predicted octanol–water partition coefficient (Wildman–Crippen LogP) is 1.86. The van der Waals surface area contributed by atoms with Crippen LogP contribution in [0.1, 0.15) is 11.1 Å². The van der Waals surface area contributed by atoms with Gasteiger partial charge in [-0.3, -0.25) is 9.59 Å². The Hall–Kier alpha value is -2.36. The van der Waals surface area contributed by atoms with Crippen LogP contribution in [0.15, 0.2) is 47.4 Å². The number of aryl methyl sites for hydroxylation is 1. The van der Waals surface area contributed by atoms with Crippen molar-refractivity contribution in [2.45, 2.75) is 13.3 Å². The molecule has 2 N–H and O–H groups in total. The van der Waals surface area contributed by atoms with Crippen LogP contribution in [-0.2, 0) is 11.2 Å². The molecule has 2 rings (SSSR count). The number of pyridine rings is 1. The molecule has 0 bridgehead atoms. The van der Waals surface area contributed by atoms with Crippen molar-refractivity contribution in [1.82, 2.24) is 4.98 Å². The van der Waals surface area contributed by atoms with Gasteiger partial charge in [0.05, 0.1) is 12.1 Å². The van der Waals surface area contributed by atoms with Crippen molar-refractivity contribution in [3.63, 3.8) is 0 Å². The lowest BCUT2D eigenvalue weighted by molar-refractivity contribution is -0.115. The number of carbonyl (C=O) groups excluding carboxylic acids is 1. The summed E-state index contributed by atoms with van der Waals surface area (Å²) in [6.45, 7) is 1.99. The van der Waals surface area contributed by atoms with E-state index in [4.69, 9.17) is 0 Å². The normalized spacial score (nSPS) is 10.1.